The van der Waals surface area contributed by atoms with Crippen molar-refractivity contribution in [1.29, 1.82) is 0 Å². The molecule has 0 heterocycles. The molecule has 0 radical (unpaired) electrons. The van der Waals surface area contributed by atoms with E-state index >= 15 is 0 Å². The summed E-state index contributed by atoms with van der Waals surface area (Å²) in [6.45, 7) is 6.28. The Kier molecular flexibility index (Phi) is 15.3. The van der Waals surface area contributed by atoms with Crippen LogP contribution in [0.2, 0.25) is 0 Å². The van der Waals surface area contributed by atoms with Gasteiger partial charge in [-0.3, -0.25) is 0 Å². The van der Waals surface area contributed by atoms with E-state index < -0.39 is 0 Å². The van der Waals surface area contributed by atoms with Crippen LogP contribution in [0.3, 0.4) is 0 Å². The summed E-state index contributed by atoms with van der Waals surface area (Å²) < 4.78 is 0. The molecule has 0 amide bonds. The first kappa shape index (κ1) is 11.5. The van der Waals surface area contributed by atoms with Crippen LogP contribution in [0, 0.1) is 5.92 Å². The fraction of sp³-hybridized carbons (Fsp3) is 1.00. The highest BCUT2D eigenvalue weighted by Crippen LogP contribution is 1.90. The van der Waals surface area contributed by atoms with Crippen LogP contribution in [0.1, 0.15) is 20.8 Å². The van der Waals surface area contributed by atoms with E-state index in [1.54, 1.807) is 0 Å². The summed E-state index contributed by atoms with van der Waals surface area (Å²) in [6.07, 6.45) is 0. The maximum atomic E-state index is 4.02. The zero-order chi connectivity index (χ0) is 6.99. The number of hydrogen-bond donors (Lipinski definition) is 2. The maximum absolute atomic E-state index is 4.02. The smallest absolute Gasteiger partial charge is 0.00748 e. The molecule has 0 fully saturated rings. The summed E-state index contributed by atoms with van der Waals surface area (Å²) in [6, 6.07) is 0. The van der Waals surface area contributed by atoms with E-state index in [2.05, 4.69) is 39.1 Å². The summed E-state index contributed by atoms with van der Waals surface area (Å²) in [7, 11) is 0. The van der Waals surface area contributed by atoms with Gasteiger partial charge >= 0.3 is 0 Å². The fourth-order valence-electron chi connectivity index (χ4n) is 0. The number of thiol groups is 2. The molecule has 0 aliphatic rings. The van der Waals surface area contributed by atoms with Crippen LogP contribution in [0.4, 0.5) is 0 Å². The van der Waals surface area contributed by atoms with Crippen molar-refractivity contribution in [3.8, 4) is 0 Å². The largest absolute Gasteiger partial charge is 0.180 e. The molecule has 0 spiro atoms. The Balaban J connectivity index is 0. The molecule has 52 valence electrons. The van der Waals surface area contributed by atoms with Gasteiger partial charge in [-0.15, -0.1) is 0 Å². The molecule has 0 atom stereocenters. The number of rotatable bonds is 1. The van der Waals surface area contributed by atoms with E-state index in [0.717, 1.165) is 17.4 Å². The second kappa shape index (κ2) is 10.6. The molecule has 2 heteroatoms. The van der Waals surface area contributed by atoms with Gasteiger partial charge < -0.3 is 0 Å². The molecule has 0 N–H and O–H groups in total. The summed E-state index contributed by atoms with van der Waals surface area (Å²) in [4.78, 5) is 0. The van der Waals surface area contributed by atoms with Crippen LogP contribution in [0.25, 0.3) is 0 Å². The monoisotopic (exact) mass is 152 g/mol. The summed E-state index contributed by atoms with van der Waals surface area (Å²) in [5, 5.41) is 0. The van der Waals surface area contributed by atoms with Crippen molar-refractivity contribution in [3.63, 3.8) is 0 Å². The molecule has 0 saturated heterocycles. The van der Waals surface area contributed by atoms with Crippen LogP contribution in [0.15, 0.2) is 0 Å². The molecule has 8 heavy (non-hydrogen) atoms. The van der Waals surface area contributed by atoms with Crippen LogP contribution in [-0.2, 0) is 0 Å². The summed E-state index contributed by atoms with van der Waals surface area (Å²) in [5.41, 5.74) is 0. The number of hydrogen-bond acceptors (Lipinski definition) is 2. The minimum atomic E-state index is 0.748. The van der Waals surface area contributed by atoms with Gasteiger partial charge in [0.15, 0.2) is 0 Å². The van der Waals surface area contributed by atoms with Gasteiger partial charge in [0, 0.05) is 0 Å². The molecule has 0 saturated carbocycles. The van der Waals surface area contributed by atoms with Gasteiger partial charge in [-0.1, -0.05) is 20.8 Å². The van der Waals surface area contributed by atoms with Crippen molar-refractivity contribution in [2.45, 2.75) is 20.8 Å². The summed E-state index contributed by atoms with van der Waals surface area (Å²) >= 11 is 7.80. The molecule has 0 bridgehead atoms. The van der Waals surface area contributed by atoms with Gasteiger partial charge in [-0.2, -0.15) is 25.3 Å². The van der Waals surface area contributed by atoms with Crippen LogP contribution in [-0.4, -0.2) is 11.5 Å². The Morgan fingerprint density at radius 3 is 1.38 bits per heavy atom. The lowest BCUT2D eigenvalue weighted by molar-refractivity contribution is 0.753. The Bertz CT molecular complexity index is 27.7. The second-order valence-electron chi connectivity index (χ2n) is 1.89. The third kappa shape index (κ3) is 29.9. The minimum Gasteiger partial charge on any atom is -0.180 e. The fourth-order valence-corrected chi connectivity index (χ4v) is 0. The predicted octanol–water partition coefficient (Wildman–Crippen LogP) is 2.51. The normalized spacial score (nSPS) is 8.25. The van der Waals surface area contributed by atoms with Gasteiger partial charge in [-0.25, -0.2) is 0 Å². The minimum absolute atomic E-state index is 0.748. The average Bonchev–Trinajstić information content (AvgIpc) is 1.69. The first-order valence-corrected chi connectivity index (χ1v) is 4.17. The predicted molar refractivity (Wildman–Crippen MR) is 48.2 cm³/mol. The third-order valence-corrected chi connectivity index (χ3v) is 1.10. The van der Waals surface area contributed by atoms with Crippen molar-refractivity contribution in [3.05, 3.63) is 0 Å². The SMILES string of the molecule is CC(C)CS.CCS. The van der Waals surface area contributed by atoms with E-state index in [0.29, 0.717) is 0 Å². The van der Waals surface area contributed by atoms with Gasteiger partial charge in [0.25, 0.3) is 0 Å². The Morgan fingerprint density at radius 2 is 1.38 bits per heavy atom. The lowest BCUT2D eigenvalue weighted by Gasteiger charge is -1.89. The van der Waals surface area contributed by atoms with Gasteiger partial charge in [-0.05, 0) is 17.4 Å². The quantitative estimate of drug-likeness (QED) is 0.530. The zero-order valence-corrected chi connectivity index (χ0v) is 7.67. The molecular weight excluding hydrogens is 136 g/mol. The van der Waals surface area contributed by atoms with Gasteiger partial charge in [0.1, 0.15) is 0 Å². The highest BCUT2D eigenvalue weighted by atomic mass is 32.1. The molecule has 0 aliphatic carbocycles. The maximum Gasteiger partial charge on any atom is -0.00748 e. The van der Waals surface area contributed by atoms with Crippen molar-refractivity contribution in [1.82, 2.24) is 0 Å². The molecule has 0 aliphatic heterocycles. The topological polar surface area (TPSA) is 0 Å². The third-order valence-electron chi connectivity index (χ3n) is 0.365. The molecule has 0 rings (SSSR count). The molecular formula is C6H16S2. The van der Waals surface area contributed by atoms with Crippen LogP contribution in [0.5, 0.6) is 0 Å². The van der Waals surface area contributed by atoms with Gasteiger partial charge in [0.2, 0.25) is 0 Å². The van der Waals surface area contributed by atoms with E-state index in [4.69, 9.17) is 0 Å². The average molecular weight is 152 g/mol. The molecule has 0 aromatic rings. The first-order chi connectivity index (χ1) is 3.68. The Labute approximate surface area is 63.9 Å². The highest BCUT2D eigenvalue weighted by Gasteiger charge is 1.80. The molecule has 0 nitrogen and oxygen atoms in total. The van der Waals surface area contributed by atoms with E-state index in [1.165, 1.54) is 0 Å². The highest BCUT2D eigenvalue weighted by molar-refractivity contribution is 7.80. The van der Waals surface area contributed by atoms with Crippen molar-refractivity contribution >= 4 is 25.3 Å². The first-order valence-electron chi connectivity index (χ1n) is 2.90. The van der Waals surface area contributed by atoms with Crippen LogP contribution >= 0.6 is 25.3 Å². The Hall–Kier alpha value is 0.700. The Morgan fingerprint density at radius 1 is 1.25 bits per heavy atom. The van der Waals surface area contributed by atoms with Crippen molar-refractivity contribution in [2.75, 3.05) is 11.5 Å². The van der Waals surface area contributed by atoms with E-state index in [1.807, 2.05) is 6.92 Å². The van der Waals surface area contributed by atoms with Crippen molar-refractivity contribution in [2.24, 2.45) is 5.92 Å². The molecule has 0 aromatic heterocycles. The molecule has 0 unspecified atom stereocenters. The van der Waals surface area contributed by atoms with Gasteiger partial charge in [0.05, 0.1) is 0 Å². The zero-order valence-electron chi connectivity index (χ0n) is 5.89. The summed E-state index contributed by atoms with van der Waals surface area (Å²) in [5.74, 6) is 2.69. The second-order valence-corrected chi connectivity index (χ2v) is 2.89. The standard InChI is InChI=1S/C4H10S.C2H6S/c1-4(2)3-5;1-2-3/h4-5H,3H2,1-2H3;3H,2H2,1H3. The van der Waals surface area contributed by atoms with E-state index in [9.17, 15) is 0 Å². The lowest BCUT2D eigenvalue weighted by Crippen LogP contribution is -1.83. The van der Waals surface area contributed by atoms with Crippen molar-refractivity contribution < 1.29 is 0 Å². The lowest BCUT2D eigenvalue weighted by atomic mass is 10.3. The van der Waals surface area contributed by atoms with E-state index in [-0.39, 0.29) is 0 Å². The molecule has 0 aromatic carbocycles. The van der Waals surface area contributed by atoms with Crippen LogP contribution < -0.4 is 0 Å².